The van der Waals surface area contributed by atoms with Gasteiger partial charge in [0.25, 0.3) is 5.92 Å². The molecule has 2 rings (SSSR count). The van der Waals surface area contributed by atoms with Gasteiger partial charge in [-0.15, -0.1) is 0 Å². The highest BCUT2D eigenvalue weighted by Crippen LogP contribution is 2.29. The van der Waals surface area contributed by atoms with E-state index in [-0.39, 0.29) is 13.0 Å². The van der Waals surface area contributed by atoms with Crippen LogP contribution in [0.3, 0.4) is 0 Å². The molecule has 1 nitrogen and oxygen atoms in total. The van der Waals surface area contributed by atoms with Crippen LogP contribution in [0.2, 0.25) is 0 Å². The number of halogens is 3. The van der Waals surface area contributed by atoms with E-state index in [1.807, 2.05) is 24.3 Å². The number of hydrogen-bond donors (Lipinski definition) is 0. The lowest BCUT2D eigenvalue weighted by Gasteiger charge is -2.16. The number of benzene rings is 1. The van der Waals surface area contributed by atoms with Gasteiger partial charge in [0.15, 0.2) is 0 Å². The van der Waals surface area contributed by atoms with Crippen molar-refractivity contribution in [1.82, 2.24) is 4.90 Å². The van der Waals surface area contributed by atoms with Crippen LogP contribution < -0.4 is 0 Å². The first-order valence-electron chi connectivity index (χ1n) is 4.90. The number of nitrogens with zero attached hydrogens (tertiary/aromatic N) is 1. The van der Waals surface area contributed by atoms with Crippen molar-refractivity contribution in [1.29, 1.82) is 0 Å². The van der Waals surface area contributed by atoms with E-state index in [9.17, 15) is 8.78 Å². The van der Waals surface area contributed by atoms with Crippen molar-refractivity contribution in [2.24, 2.45) is 0 Å². The Morgan fingerprint density at radius 2 is 2.07 bits per heavy atom. The van der Waals surface area contributed by atoms with E-state index in [0.717, 1.165) is 10.0 Å². The van der Waals surface area contributed by atoms with Gasteiger partial charge in [0.2, 0.25) is 0 Å². The van der Waals surface area contributed by atoms with E-state index in [2.05, 4.69) is 15.9 Å². The van der Waals surface area contributed by atoms with Gasteiger partial charge in [-0.3, -0.25) is 4.90 Å². The first kappa shape index (κ1) is 11.0. The van der Waals surface area contributed by atoms with Crippen LogP contribution >= 0.6 is 15.9 Å². The summed E-state index contributed by atoms with van der Waals surface area (Å²) in [5, 5.41) is 0. The number of likely N-dealkylation sites (tertiary alicyclic amines) is 1. The van der Waals surface area contributed by atoms with E-state index in [4.69, 9.17) is 0 Å². The van der Waals surface area contributed by atoms with Gasteiger partial charge >= 0.3 is 0 Å². The lowest BCUT2D eigenvalue weighted by Crippen LogP contribution is -2.24. The Bertz CT molecular complexity index is 354. The van der Waals surface area contributed by atoms with Crippen LogP contribution in [0.1, 0.15) is 12.0 Å². The van der Waals surface area contributed by atoms with Crippen LogP contribution in [0.15, 0.2) is 28.7 Å². The van der Waals surface area contributed by atoms with Crippen LogP contribution in [-0.2, 0) is 6.54 Å². The molecule has 0 aromatic heterocycles. The molecule has 0 amide bonds. The lowest BCUT2D eigenvalue weighted by molar-refractivity contribution is 0.0115. The van der Waals surface area contributed by atoms with Crippen LogP contribution in [0.4, 0.5) is 8.78 Å². The Morgan fingerprint density at radius 3 is 2.67 bits per heavy atom. The Kier molecular flexibility index (Phi) is 3.07. The van der Waals surface area contributed by atoms with Crippen molar-refractivity contribution in [3.8, 4) is 0 Å². The standard InChI is InChI=1S/C11H12BrF2N/c12-10-4-2-1-3-9(10)7-15-6-5-11(13,14)8-15/h1-4H,5-8H2. The molecular weight excluding hydrogens is 264 g/mol. The van der Waals surface area contributed by atoms with Gasteiger partial charge in [-0.1, -0.05) is 34.1 Å². The third-order valence-electron chi connectivity index (χ3n) is 2.60. The molecule has 15 heavy (non-hydrogen) atoms. The summed E-state index contributed by atoms with van der Waals surface area (Å²) in [6, 6.07) is 7.74. The summed E-state index contributed by atoms with van der Waals surface area (Å²) in [6.07, 6.45) is -0.0164. The summed E-state index contributed by atoms with van der Waals surface area (Å²) < 4.78 is 26.9. The van der Waals surface area contributed by atoms with E-state index < -0.39 is 5.92 Å². The van der Waals surface area contributed by atoms with E-state index in [0.29, 0.717) is 13.1 Å². The average molecular weight is 276 g/mol. The second kappa shape index (κ2) is 4.18. The second-order valence-electron chi connectivity index (χ2n) is 3.91. The Hall–Kier alpha value is -0.480. The fraction of sp³-hybridized carbons (Fsp3) is 0.455. The molecule has 0 saturated carbocycles. The van der Waals surface area contributed by atoms with E-state index in [1.165, 1.54) is 0 Å². The maximum absolute atomic E-state index is 12.9. The molecule has 1 aromatic carbocycles. The van der Waals surface area contributed by atoms with Crippen molar-refractivity contribution in [2.75, 3.05) is 13.1 Å². The van der Waals surface area contributed by atoms with Gasteiger partial charge in [-0.2, -0.15) is 0 Å². The molecule has 4 heteroatoms. The van der Waals surface area contributed by atoms with E-state index in [1.54, 1.807) is 4.90 Å². The molecule has 0 spiro atoms. The third-order valence-corrected chi connectivity index (χ3v) is 3.37. The Labute approximate surface area is 96.2 Å². The fourth-order valence-electron chi connectivity index (χ4n) is 1.81. The zero-order valence-corrected chi connectivity index (χ0v) is 9.80. The van der Waals surface area contributed by atoms with Crippen molar-refractivity contribution >= 4 is 15.9 Å². The summed E-state index contributed by atoms with van der Waals surface area (Å²) in [7, 11) is 0. The summed E-state index contributed by atoms with van der Waals surface area (Å²) in [4.78, 5) is 1.79. The highest BCUT2D eigenvalue weighted by atomic mass is 79.9. The Balaban J connectivity index is 2.02. The molecule has 1 saturated heterocycles. The van der Waals surface area contributed by atoms with E-state index >= 15 is 0 Å². The minimum absolute atomic E-state index is 0.0164. The smallest absolute Gasteiger partial charge is 0.261 e. The molecule has 0 bridgehead atoms. The third kappa shape index (κ3) is 2.75. The number of alkyl halides is 2. The topological polar surface area (TPSA) is 3.24 Å². The highest BCUT2D eigenvalue weighted by molar-refractivity contribution is 9.10. The average Bonchev–Trinajstić information content (AvgIpc) is 2.50. The zero-order chi connectivity index (χ0) is 10.9. The molecule has 0 unspecified atom stereocenters. The Morgan fingerprint density at radius 1 is 1.33 bits per heavy atom. The minimum atomic E-state index is -2.50. The molecule has 0 radical (unpaired) electrons. The predicted octanol–water partition coefficient (Wildman–Crippen LogP) is 3.29. The van der Waals surface area contributed by atoms with Gasteiger partial charge in [0, 0.05) is 24.0 Å². The lowest BCUT2D eigenvalue weighted by atomic mass is 10.2. The second-order valence-corrected chi connectivity index (χ2v) is 4.76. The molecule has 1 aromatic rings. The number of hydrogen-bond acceptors (Lipinski definition) is 1. The molecule has 0 atom stereocenters. The molecule has 82 valence electrons. The maximum atomic E-state index is 12.9. The van der Waals surface area contributed by atoms with Crippen LogP contribution in [0, 0.1) is 0 Å². The summed E-state index contributed by atoms with van der Waals surface area (Å²) in [5.41, 5.74) is 1.06. The quantitative estimate of drug-likeness (QED) is 0.801. The SMILES string of the molecule is FC1(F)CCN(Cc2ccccc2Br)C1. The monoisotopic (exact) mass is 275 g/mol. The summed E-state index contributed by atoms with van der Waals surface area (Å²) in [5.74, 6) is -2.50. The highest BCUT2D eigenvalue weighted by Gasteiger charge is 2.37. The fourth-order valence-corrected chi connectivity index (χ4v) is 2.22. The molecule has 1 aliphatic rings. The molecule has 1 aliphatic heterocycles. The predicted molar refractivity (Wildman–Crippen MR) is 59.0 cm³/mol. The van der Waals surface area contributed by atoms with Crippen LogP contribution in [0.25, 0.3) is 0 Å². The molecular formula is C11H12BrF2N. The molecule has 0 aliphatic carbocycles. The van der Waals surface area contributed by atoms with Gasteiger partial charge in [-0.05, 0) is 11.6 Å². The maximum Gasteiger partial charge on any atom is 0.261 e. The summed E-state index contributed by atoms with van der Waals surface area (Å²) in [6.45, 7) is 0.958. The normalized spacial score (nSPS) is 20.7. The molecule has 0 N–H and O–H groups in total. The minimum Gasteiger partial charge on any atom is -0.293 e. The molecule has 1 fully saturated rings. The number of rotatable bonds is 2. The largest absolute Gasteiger partial charge is 0.293 e. The van der Waals surface area contributed by atoms with Crippen LogP contribution in [0.5, 0.6) is 0 Å². The van der Waals surface area contributed by atoms with Gasteiger partial charge in [0.05, 0.1) is 6.54 Å². The van der Waals surface area contributed by atoms with Crippen molar-refractivity contribution < 1.29 is 8.78 Å². The van der Waals surface area contributed by atoms with Crippen molar-refractivity contribution in [3.05, 3.63) is 34.3 Å². The van der Waals surface area contributed by atoms with Crippen molar-refractivity contribution in [3.63, 3.8) is 0 Å². The van der Waals surface area contributed by atoms with Gasteiger partial charge < -0.3 is 0 Å². The first-order valence-corrected chi connectivity index (χ1v) is 5.70. The molecule has 1 heterocycles. The summed E-state index contributed by atoms with van der Waals surface area (Å²) >= 11 is 3.42. The zero-order valence-electron chi connectivity index (χ0n) is 8.22. The van der Waals surface area contributed by atoms with Gasteiger partial charge in [0.1, 0.15) is 0 Å². The first-order chi connectivity index (χ1) is 7.07. The van der Waals surface area contributed by atoms with Crippen LogP contribution in [-0.4, -0.2) is 23.9 Å². The van der Waals surface area contributed by atoms with Gasteiger partial charge in [-0.25, -0.2) is 8.78 Å². The van der Waals surface area contributed by atoms with Crippen molar-refractivity contribution in [2.45, 2.75) is 18.9 Å².